The van der Waals surface area contributed by atoms with Gasteiger partial charge in [0.2, 0.25) is 5.91 Å². The lowest BCUT2D eigenvalue weighted by Gasteiger charge is -2.13. The number of benzene rings is 1. The molecule has 0 saturated heterocycles. The molecule has 2 heterocycles. The fraction of sp³-hybridized carbons (Fsp3) is 0.300. The van der Waals surface area contributed by atoms with E-state index < -0.39 is 22.7 Å². The molecule has 0 aliphatic heterocycles. The van der Waals surface area contributed by atoms with Gasteiger partial charge in [-0.1, -0.05) is 37.2 Å². The second kappa shape index (κ2) is 9.69. The van der Waals surface area contributed by atoms with Gasteiger partial charge in [-0.2, -0.15) is 13.2 Å². The third-order valence-corrected chi connectivity index (χ3v) is 5.39. The van der Waals surface area contributed by atoms with E-state index in [2.05, 4.69) is 34.3 Å². The number of hydrogen-bond acceptors (Lipinski definition) is 5. The summed E-state index contributed by atoms with van der Waals surface area (Å²) in [6.07, 6.45) is -1.29. The third kappa shape index (κ3) is 5.98. The molecule has 6 nitrogen and oxygen atoms in total. The number of thioether (sulfide) groups is 1. The van der Waals surface area contributed by atoms with Crippen molar-refractivity contribution in [2.75, 3.05) is 11.1 Å². The molecule has 3 rings (SSSR count). The highest BCUT2D eigenvalue weighted by Gasteiger charge is 2.33. The SMILES string of the molecule is CC(C)Cn1c(SCC(=O)Nc2ccc(Cl)c(C(F)(F)F)c2)nnc1-c1ccncc1. The summed E-state index contributed by atoms with van der Waals surface area (Å²) in [5.41, 5.74) is -0.137. The summed E-state index contributed by atoms with van der Waals surface area (Å²) >= 11 is 6.77. The number of halogens is 4. The van der Waals surface area contributed by atoms with Gasteiger partial charge in [-0.3, -0.25) is 9.78 Å². The van der Waals surface area contributed by atoms with Crippen molar-refractivity contribution in [3.8, 4) is 11.4 Å². The number of alkyl halides is 3. The van der Waals surface area contributed by atoms with Gasteiger partial charge >= 0.3 is 6.18 Å². The van der Waals surface area contributed by atoms with Gasteiger partial charge in [-0.25, -0.2) is 0 Å². The van der Waals surface area contributed by atoms with Crippen LogP contribution in [0.1, 0.15) is 19.4 Å². The average Bonchev–Trinajstić information content (AvgIpc) is 3.09. The smallest absolute Gasteiger partial charge is 0.325 e. The van der Waals surface area contributed by atoms with E-state index in [1.807, 2.05) is 16.7 Å². The summed E-state index contributed by atoms with van der Waals surface area (Å²) in [4.78, 5) is 16.3. The number of rotatable bonds is 7. The van der Waals surface area contributed by atoms with Gasteiger partial charge in [0.25, 0.3) is 0 Å². The highest BCUT2D eigenvalue weighted by Crippen LogP contribution is 2.36. The van der Waals surface area contributed by atoms with Crippen LogP contribution in [0.5, 0.6) is 0 Å². The molecule has 2 aromatic heterocycles. The zero-order chi connectivity index (χ0) is 22.6. The van der Waals surface area contributed by atoms with Gasteiger partial charge in [0.05, 0.1) is 16.3 Å². The average molecular weight is 470 g/mol. The molecule has 0 spiro atoms. The van der Waals surface area contributed by atoms with Crippen LogP contribution >= 0.6 is 23.4 Å². The van der Waals surface area contributed by atoms with E-state index in [0.29, 0.717) is 23.4 Å². The maximum absolute atomic E-state index is 13.0. The molecule has 0 saturated carbocycles. The standard InChI is InChI=1S/C20H19ClF3N5OS/c1-12(2)10-29-18(13-5-7-25-8-6-13)27-28-19(29)31-11-17(30)26-14-3-4-16(21)15(9-14)20(22,23)24/h3-9,12H,10-11H2,1-2H3,(H,26,30). The minimum absolute atomic E-state index is 0.0171. The molecule has 0 unspecified atom stereocenters. The molecule has 0 radical (unpaired) electrons. The van der Waals surface area contributed by atoms with Gasteiger partial charge in [0.1, 0.15) is 0 Å². The highest BCUT2D eigenvalue weighted by molar-refractivity contribution is 7.99. The Morgan fingerprint density at radius 1 is 1.19 bits per heavy atom. The normalized spacial score (nSPS) is 11.7. The number of nitrogens with one attached hydrogen (secondary N) is 1. The van der Waals surface area contributed by atoms with Crippen molar-refractivity contribution < 1.29 is 18.0 Å². The van der Waals surface area contributed by atoms with E-state index in [9.17, 15) is 18.0 Å². The molecule has 3 aromatic rings. The van der Waals surface area contributed by atoms with Crippen molar-refractivity contribution in [1.82, 2.24) is 19.7 Å². The second-order valence-corrected chi connectivity index (χ2v) is 8.43. The minimum atomic E-state index is -4.61. The highest BCUT2D eigenvalue weighted by atomic mass is 35.5. The van der Waals surface area contributed by atoms with Crippen LogP contribution in [0.15, 0.2) is 47.9 Å². The van der Waals surface area contributed by atoms with Crippen LogP contribution in [0, 0.1) is 5.92 Å². The van der Waals surface area contributed by atoms with Crippen molar-refractivity contribution in [2.24, 2.45) is 5.92 Å². The van der Waals surface area contributed by atoms with Crippen molar-refractivity contribution in [3.63, 3.8) is 0 Å². The molecule has 1 N–H and O–H groups in total. The Labute approximate surface area is 186 Å². The first-order valence-corrected chi connectivity index (χ1v) is 10.6. The van der Waals surface area contributed by atoms with E-state index in [0.717, 1.165) is 29.5 Å². The van der Waals surface area contributed by atoms with Crippen LogP contribution in [0.3, 0.4) is 0 Å². The van der Waals surface area contributed by atoms with Crippen molar-refractivity contribution in [1.29, 1.82) is 0 Å². The zero-order valence-electron chi connectivity index (χ0n) is 16.7. The topological polar surface area (TPSA) is 72.7 Å². The van der Waals surface area contributed by atoms with Gasteiger partial charge < -0.3 is 9.88 Å². The quantitative estimate of drug-likeness (QED) is 0.469. The number of carbonyl (C=O) groups is 1. The molecule has 0 aliphatic rings. The number of carbonyl (C=O) groups excluding carboxylic acids is 1. The van der Waals surface area contributed by atoms with Gasteiger partial charge in [0, 0.05) is 30.2 Å². The van der Waals surface area contributed by atoms with Crippen LogP contribution in [-0.4, -0.2) is 31.4 Å². The molecule has 0 aliphatic carbocycles. The first-order valence-electron chi connectivity index (χ1n) is 9.28. The lowest BCUT2D eigenvalue weighted by molar-refractivity contribution is -0.137. The molecule has 0 atom stereocenters. The monoisotopic (exact) mass is 469 g/mol. The molecular formula is C20H19ClF3N5OS. The molecule has 1 aromatic carbocycles. The van der Waals surface area contributed by atoms with Crippen LogP contribution in [0.2, 0.25) is 5.02 Å². The predicted octanol–water partition coefficient (Wildman–Crippen LogP) is 5.40. The van der Waals surface area contributed by atoms with E-state index in [1.54, 1.807) is 12.4 Å². The van der Waals surface area contributed by atoms with Crippen LogP contribution in [0.4, 0.5) is 18.9 Å². The summed E-state index contributed by atoms with van der Waals surface area (Å²) in [6.45, 7) is 4.74. The van der Waals surface area contributed by atoms with Crippen molar-refractivity contribution in [2.45, 2.75) is 31.7 Å². The Bertz CT molecular complexity index is 1060. The lowest BCUT2D eigenvalue weighted by atomic mass is 10.2. The van der Waals surface area contributed by atoms with Crippen molar-refractivity contribution in [3.05, 3.63) is 53.3 Å². The van der Waals surface area contributed by atoms with Crippen molar-refractivity contribution >= 4 is 35.0 Å². The van der Waals surface area contributed by atoms with Crippen LogP contribution < -0.4 is 5.32 Å². The van der Waals surface area contributed by atoms with E-state index >= 15 is 0 Å². The molecule has 0 bridgehead atoms. The van der Waals surface area contributed by atoms with E-state index in [4.69, 9.17) is 11.6 Å². The molecule has 0 fully saturated rings. The van der Waals surface area contributed by atoms with Crippen LogP contribution in [-0.2, 0) is 17.5 Å². The summed E-state index contributed by atoms with van der Waals surface area (Å²) < 4.78 is 40.9. The Balaban J connectivity index is 1.73. The number of aromatic nitrogens is 4. The van der Waals surface area contributed by atoms with Gasteiger partial charge in [0.15, 0.2) is 11.0 Å². The van der Waals surface area contributed by atoms with E-state index in [1.165, 1.54) is 6.07 Å². The maximum atomic E-state index is 13.0. The Hall–Kier alpha value is -2.59. The summed E-state index contributed by atoms with van der Waals surface area (Å²) in [5.74, 6) is 0.451. The van der Waals surface area contributed by atoms with Gasteiger partial charge in [-0.05, 0) is 36.2 Å². The Morgan fingerprint density at radius 2 is 1.90 bits per heavy atom. The fourth-order valence-electron chi connectivity index (χ4n) is 2.79. The summed E-state index contributed by atoms with van der Waals surface area (Å²) in [5, 5.41) is 11.0. The summed E-state index contributed by atoms with van der Waals surface area (Å²) in [6, 6.07) is 6.88. The molecule has 31 heavy (non-hydrogen) atoms. The molecule has 1 amide bonds. The van der Waals surface area contributed by atoms with Gasteiger partial charge in [-0.15, -0.1) is 10.2 Å². The minimum Gasteiger partial charge on any atom is -0.325 e. The zero-order valence-corrected chi connectivity index (χ0v) is 18.2. The Kier molecular flexibility index (Phi) is 7.22. The fourth-order valence-corrected chi connectivity index (χ4v) is 3.76. The Morgan fingerprint density at radius 3 is 2.55 bits per heavy atom. The number of anilines is 1. The largest absolute Gasteiger partial charge is 0.417 e. The van der Waals surface area contributed by atoms with Crippen LogP contribution in [0.25, 0.3) is 11.4 Å². The lowest BCUT2D eigenvalue weighted by Crippen LogP contribution is -2.16. The first-order chi connectivity index (χ1) is 14.6. The third-order valence-electron chi connectivity index (χ3n) is 4.09. The maximum Gasteiger partial charge on any atom is 0.417 e. The second-order valence-electron chi connectivity index (χ2n) is 7.08. The molecule has 11 heteroatoms. The number of nitrogens with zero attached hydrogens (tertiary/aromatic N) is 4. The first kappa shape index (κ1) is 23.1. The van der Waals surface area contributed by atoms with E-state index in [-0.39, 0.29) is 11.4 Å². The number of hydrogen-bond donors (Lipinski definition) is 1. The molecule has 164 valence electrons. The predicted molar refractivity (Wildman–Crippen MR) is 114 cm³/mol. The molecular weight excluding hydrogens is 451 g/mol. The summed E-state index contributed by atoms with van der Waals surface area (Å²) in [7, 11) is 0. The number of amides is 1. The number of pyridine rings is 1.